The van der Waals surface area contributed by atoms with Gasteiger partial charge in [-0.3, -0.25) is 14.4 Å². The number of hydrogen-bond acceptors (Lipinski definition) is 7. The van der Waals surface area contributed by atoms with Gasteiger partial charge in [-0.1, -0.05) is 32.9 Å². The van der Waals surface area contributed by atoms with Gasteiger partial charge >= 0.3 is 5.97 Å². The largest absolute Gasteiger partial charge is 0.455 e. The minimum absolute atomic E-state index is 0.0370. The van der Waals surface area contributed by atoms with Crippen molar-refractivity contribution in [2.75, 3.05) is 6.54 Å². The summed E-state index contributed by atoms with van der Waals surface area (Å²) in [4.78, 5) is 53.5. The van der Waals surface area contributed by atoms with Crippen molar-refractivity contribution in [1.82, 2.24) is 4.90 Å². The highest BCUT2D eigenvalue weighted by molar-refractivity contribution is 5.96. The van der Waals surface area contributed by atoms with Crippen molar-refractivity contribution in [3.05, 3.63) is 23.8 Å². The fraction of sp³-hybridized carbons (Fsp3) is 0.758. The molecule has 0 spiro atoms. The lowest BCUT2D eigenvalue weighted by Crippen LogP contribution is -2.53. The number of piperidine rings is 1. The van der Waals surface area contributed by atoms with Crippen LogP contribution in [0, 0.1) is 11.8 Å². The summed E-state index contributed by atoms with van der Waals surface area (Å²) in [6.45, 7) is 9.74. The van der Waals surface area contributed by atoms with Gasteiger partial charge < -0.3 is 19.5 Å². The molecule has 7 atom stereocenters. The molecule has 0 aromatic heterocycles. The molecule has 0 saturated carbocycles. The minimum atomic E-state index is -1.31. The predicted octanol–water partition coefficient (Wildman–Crippen LogP) is 5.26. The van der Waals surface area contributed by atoms with Gasteiger partial charge in [0.05, 0.1) is 12.2 Å². The number of amides is 1. The maximum absolute atomic E-state index is 13.6. The molecule has 3 aliphatic rings. The lowest BCUT2D eigenvalue weighted by atomic mass is 9.82. The standard InChI is InChI=1S/C33H51NO7/c1-6-25(35)20-29(36)33(5)21-24(4)28-18-17-26(40-28)14-11-13-23(3)31(38)22(2)12-7-8-16-30(37)34-19-10-9-15-27(34)32(39)41-33/h8,13,16,22,24,26-29,36H,6-7,9-12,14-15,17-21H2,1-5H3/b16-8-,23-13-/t22?,24?,26?,27-,28?,29?,33?/m0/s1. The number of esters is 1. The van der Waals surface area contributed by atoms with E-state index in [9.17, 15) is 24.3 Å². The summed E-state index contributed by atoms with van der Waals surface area (Å²) in [5, 5.41) is 11.2. The van der Waals surface area contributed by atoms with Crippen LogP contribution >= 0.6 is 0 Å². The van der Waals surface area contributed by atoms with Crippen molar-refractivity contribution in [1.29, 1.82) is 0 Å². The molecule has 0 aliphatic carbocycles. The summed E-state index contributed by atoms with van der Waals surface area (Å²) in [6, 6.07) is -0.751. The zero-order chi connectivity index (χ0) is 30.2. The number of aliphatic hydroxyl groups is 1. The number of hydrogen-bond donors (Lipinski definition) is 1. The molecule has 1 N–H and O–H groups in total. The molecule has 0 aromatic carbocycles. The van der Waals surface area contributed by atoms with Gasteiger partial charge in [-0.2, -0.15) is 0 Å². The van der Waals surface area contributed by atoms with Crippen LogP contribution in [0.5, 0.6) is 0 Å². The molecule has 0 aromatic rings. The zero-order valence-electron chi connectivity index (χ0n) is 25.7. The summed E-state index contributed by atoms with van der Waals surface area (Å²) < 4.78 is 12.5. The van der Waals surface area contributed by atoms with Crippen LogP contribution in [0.2, 0.25) is 0 Å². The second-order valence-corrected chi connectivity index (χ2v) is 12.7. The van der Waals surface area contributed by atoms with E-state index in [1.807, 2.05) is 26.8 Å². The Morgan fingerprint density at radius 2 is 1.85 bits per heavy atom. The molecule has 0 radical (unpaired) electrons. The van der Waals surface area contributed by atoms with Gasteiger partial charge in [0, 0.05) is 25.3 Å². The number of allylic oxidation sites excluding steroid dienone is 3. The van der Waals surface area contributed by atoms with Crippen molar-refractivity contribution in [3.63, 3.8) is 0 Å². The number of nitrogens with zero attached hydrogens (tertiary/aromatic N) is 1. The van der Waals surface area contributed by atoms with Crippen LogP contribution in [0.3, 0.4) is 0 Å². The monoisotopic (exact) mass is 573 g/mol. The number of ether oxygens (including phenoxy) is 2. The number of aliphatic hydroxyl groups excluding tert-OH is 1. The first-order chi connectivity index (χ1) is 19.4. The number of rotatable bonds is 4. The summed E-state index contributed by atoms with van der Waals surface area (Å²) >= 11 is 0. The van der Waals surface area contributed by atoms with E-state index in [0.717, 1.165) is 44.1 Å². The van der Waals surface area contributed by atoms with Crippen LogP contribution in [0.1, 0.15) is 112 Å². The Balaban J connectivity index is 1.88. The van der Waals surface area contributed by atoms with Gasteiger partial charge in [0.2, 0.25) is 5.91 Å². The average molecular weight is 574 g/mol. The minimum Gasteiger partial charge on any atom is -0.455 e. The third kappa shape index (κ3) is 9.08. The normalized spacial score (nSPS) is 35.9. The van der Waals surface area contributed by atoms with Crippen LogP contribution < -0.4 is 0 Å². The van der Waals surface area contributed by atoms with Crippen molar-refractivity contribution < 1.29 is 33.8 Å². The van der Waals surface area contributed by atoms with Crippen LogP contribution in [0.15, 0.2) is 23.8 Å². The molecule has 3 heterocycles. The van der Waals surface area contributed by atoms with Crippen molar-refractivity contribution in [3.8, 4) is 0 Å². The summed E-state index contributed by atoms with van der Waals surface area (Å²) in [5.74, 6) is -0.944. The number of carbonyl (C=O) groups is 4. The van der Waals surface area contributed by atoms with Gasteiger partial charge in [-0.05, 0) is 95.6 Å². The molecule has 230 valence electrons. The van der Waals surface area contributed by atoms with Gasteiger partial charge in [-0.15, -0.1) is 0 Å². The highest BCUT2D eigenvalue weighted by Crippen LogP contribution is 2.36. The third-order valence-electron chi connectivity index (χ3n) is 9.22. The molecular formula is C33H51NO7. The molecule has 3 aliphatic heterocycles. The first kappa shape index (κ1) is 33.2. The maximum atomic E-state index is 13.6. The number of Topliss-reactive ketones (excluding diaryl/α,β-unsaturated/α-hetero) is 2. The molecule has 3 rings (SSSR count). The number of cyclic esters (lactones) is 1. The molecule has 1 amide bonds. The van der Waals surface area contributed by atoms with E-state index in [4.69, 9.17) is 9.47 Å². The van der Waals surface area contributed by atoms with Gasteiger partial charge in [0.1, 0.15) is 23.5 Å². The Labute approximate surface area is 245 Å². The first-order valence-electron chi connectivity index (χ1n) is 15.7. The Hall–Kier alpha value is -2.32. The lowest BCUT2D eigenvalue weighted by Gasteiger charge is -2.40. The average Bonchev–Trinajstić information content (AvgIpc) is 3.43. The molecular weight excluding hydrogens is 522 g/mol. The summed E-state index contributed by atoms with van der Waals surface area (Å²) in [6.07, 6.45) is 11.3. The molecule has 2 bridgehead atoms. The topological polar surface area (TPSA) is 110 Å². The summed E-state index contributed by atoms with van der Waals surface area (Å²) in [7, 11) is 0. The van der Waals surface area contributed by atoms with E-state index in [2.05, 4.69) is 0 Å². The highest BCUT2D eigenvalue weighted by Gasteiger charge is 2.44. The fourth-order valence-corrected chi connectivity index (χ4v) is 6.43. The Kier molecular flexibility index (Phi) is 12.3. The second kappa shape index (κ2) is 15.2. The third-order valence-corrected chi connectivity index (χ3v) is 9.22. The predicted molar refractivity (Wildman–Crippen MR) is 157 cm³/mol. The van der Waals surface area contributed by atoms with E-state index in [0.29, 0.717) is 38.6 Å². The van der Waals surface area contributed by atoms with E-state index in [1.54, 1.807) is 24.8 Å². The van der Waals surface area contributed by atoms with Crippen LogP contribution in [-0.4, -0.2) is 69.9 Å². The molecule has 2 fully saturated rings. The van der Waals surface area contributed by atoms with E-state index < -0.39 is 23.7 Å². The van der Waals surface area contributed by atoms with E-state index >= 15 is 0 Å². The molecule has 41 heavy (non-hydrogen) atoms. The maximum Gasteiger partial charge on any atom is 0.329 e. The Morgan fingerprint density at radius 3 is 2.59 bits per heavy atom. The van der Waals surface area contributed by atoms with Gasteiger partial charge in [0.15, 0.2) is 5.78 Å². The zero-order valence-corrected chi connectivity index (χ0v) is 25.7. The van der Waals surface area contributed by atoms with E-state index in [1.165, 1.54) is 6.08 Å². The number of ketones is 2. The summed E-state index contributed by atoms with van der Waals surface area (Å²) in [5.41, 5.74) is -0.538. The Morgan fingerprint density at radius 1 is 1.10 bits per heavy atom. The SMILES string of the molecule is CCC(=O)CC(O)C1(C)CC(C)C2CCC(CC/C=C(/C)C(=O)C(C)CC/C=C\C(=O)N3CCCC[C@H]3C(=O)O1)O2. The molecule has 8 heteroatoms. The number of fused-ring (bicyclic) bond motifs is 3. The first-order valence-corrected chi connectivity index (χ1v) is 15.7. The number of carbonyl (C=O) groups excluding carboxylic acids is 4. The van der Waals surface area contributed by atoms with Crippen LogP contribution in [0.4, 0.5) is 0 Å². The van der Waals surface area contributed by atoms with Crippen molar-refractivity contribution in [2.45, 2.75) is 142 Å². The smallest absolute Gasteiger partial charge is 0.329 e. The lowest BCUT2D eigenvalue weighted by molar-refractivity contribution is -0.185. The van der Waals surface area contributed by atoms with Gasteiger partial charge in [-0.25, -0.2) is 4.79 Å². The van der Waals surface area contributed by atoms with E-state index in [-0.39, 0.29) is 47.9 Å². The van der Waals surface area contributed by atoms with Crippen molar-refractivity contribution >= 4 is 23.4 Å². The molecule has 8 nitrogen and oxygen atoms in total. The van der Waals surface area contributed by atoms with Crippen molar-refractivity contribution in [2.24, 2.45) is 11.8 Å². The van der Waals surface area contributed by atoms with Crippen LogP contribution in [-0.2, 0) is 28.7 Å². The highest BCUT2D eigenvalue weighted by atomic mass is 16.6. The Bertz CT molecular complexity index is 1000. The molecule has 2 saturated heterocycles. The van der Waals surface area contributed by atoms with Gasteiger partial charge in [0.25, 0.3) is 0 Å². The fourth-order valence-electron chi connectivity index (χ4n) is 6.43. The molecule has 6 unspecified atom stereocenters. The quantitative estimate of drug-likeness (QED) is 0.457. The van der Waals surface area contributed by atoms with Crippen LogP contribution in [0.25, 0.3) is 0 Å². The second-order valence-electron chi connectivity index (χ2n) is 12.7.